The van der Waals surface area contributed by atoms with Gasteiger partial charge < -0.3 is 10.0 Å². The van der Waals surface area contributed by atoms with Crippen LogP contribution < -0.4 is 0 Å². The summed E-state index contributed by atoms with van der Waals surface area (Å²) in [5.74, 6) is 0. The molecule has 1 aliphatic rings. The normalized spacial score (nSPS) is 33.9. The monoisotopic (exact) mass is 196 g/mol. The Morgan fingerprint density at radius 2 is 2.29 bits per heavy atom. The fraction of sp³-hybridized carbons (Fsp3) is 0.778. The summed E-state index contributed by atoms with van der Waals surface area (Å²) in [7, 11) is 3.77. The van der Waals surface area contributed by atoms with E-state index in [-0.39, 0.29) is 0 Å². The van der Waals surface area contributed by atoms with Crippen LogP contribution in [0.3, 0.4) is 0 Å². The van der Waals surface area contributed by atoms with Gasteiger partial charge in [0.1, 0.15) is 11.3 Å². The first-order valence-electron chi connectivity index (χ1n) is 4.81. The van der Waals surface area contributed by atoms with Crippen LogP contribution in [-0.2, 0) is 12.6 Å². The van der Waals surface area contributed by atoms with Gasteiger partial charge in [-0.3, -0.25) is 0 Å². The molecular formula is C9H16N4O. The second-order valence-corrected chi connectivity index (χ2v) is 4.22. The Morgan fingerprint density at radius 3 is 2.71 bits per heavy atom. The van der Waals surface area contributed by atoms with Crippen molar-refractivity contribution in [1.29, 1.82) is 0 Å². The average Bonchev–Trinajstić information content (AvgIpc) is 2.60. The molecular weight excluding hydrogens is 180 g/mol. The van der Waals surface area contributed by atoms with Crippen LogP contribution in [0.2, 0.25) is 0 Å². The first-order valence-corrected chi connectivity index (χ1v) is 4.81. The molecule has 0 aliphatic carbocycles. The molecule has 0 amide bonds. The number of nitrogens with zero attached hydrogens (tertiary/aromatic N) is 4. The Morgan fingerprint density at radius 1 is 1.57 bits per heavy atom. The second kappa shape index (κ2) is 3.03. The zero-order valence-electron chi connectivity index (χ0n) is 8.80. The van der Waals surface area contributed by atoms with Gasteiger partial charge in [0.05, 0.1) is 6.20 Å². The van der Waals surface area contributed by atoms with E-state index < -0.39 is 5.60 Å². The van der Waals surface area contributed by atoms with Crippen LogP contribution in [0, 0.1) is 0 Å². The Hall–Kier alpha value is -0.940. The van der Waals surface area contributed by atoms with E-state index in [2.05, 4.69) is 22.0 Å². The van der Waals surface area contributed by atoms with Crippen LogP contribution in [0.5, 0.6) is 0 Å². The van der Waals surface area contributed by atoms with Crippen molar-refractivity contribution in [2.45, 2.75) is 25.0 Å². The lowest BCUT2D eigenvalue weighted by Gasteiger charge is -2.18. The topological polar surface area (TPSA) is 54.2 Å². The molecule has 1 aromatic heterocycles. The van der Waals surface area contributed by atoms with Gasteiger partial charge in [0.15, 0.2) is 0 Å². The van der Waals surface area contributed by atoms with E-state index in [4.69, 9.17) is 0 Å². The van der Waals surface area contributed by atoms with Crippen molar-refractivity contribution in [3.63, 3.8) is 0 Å². The molecule has 2 unspecified atom stereocenters. The fourth-order valence-corrected chi connectivity index (χ4v) is 2.02. The molecule has 0 spiro atoms. The minimum absolute atomic E-state index is 0.391. The first kappa shape index (κ1) is 9.61. The number of hydrogen-bond acceptors (Lipinski definition) is 4. The molecule has 78 valence electrons. The Labute approximate surface area is 83.3 Å². The molecule has 0 radical (unpaired) electrons. The van der Waals surface area contributed by atoms with Crippen LogP contribution in [-0.4, -0.2) is 44.6 Å². The number of hydrogen-bond donors (Lipinski definition) is 1. The van der Waals surface area contributed by atoms with Crippen molar-refractivity contribution in [3.8, 4) is 0 Å². The van der Waals surface area contributed by atoms with Crippen molar-refractivity contribution < 1.29 is 5.11 Å². The smallest absolute Gasteiger partial charge is 0.124 e. The van der Waals surface area contributed by atoms with E-state index in [1.165, 1.54) is 4.80 Å². The third-order valence-corrected chi connectivity index (χ3v) is 2.97. The molecule has 0 saturated carbocycles. The standard InChI is InChI=1S/C9H16N4O/c1-7-4-9(14,6-12(7)2)8-5-10-13(3)11-8/h5,7,14H,4,6H2,1-3H3. The summed E-state index contributed by atoms with van der Waals surface area (Å²) in [5, 5.41) is 18.5. The second-order valence-electron chi connectivity index (χ2n) is 4.22. The van der Waals surface area contributed by atoms with Gasteiger partial charge in [-0.25, -0.2) is 0 Å². The number of aryl methyl sites for hydroxylation is 1. The highest BCUT2D eigenvalue weighted by Crippen LogP contribution is 2.33. The molecule has 1 aromatic rings. The summed E-state index contributed by atoms with van der Waals surface area (Å²) >= 11 is 0. The van der Waals surface area contributed by atoms with Crippen molar-refractivity contribution in [3.05, 3.63) is 11.9 Å². The van der Waals surface area contributed by atoms with E-state index >= 15 is 0 Å². The van der Waals surface area contributed by atoms with E-state index in [1.807, 2.05) is 7.05 Å². The molecule has 5 nitrogen and oxygen atoms in total. The highest BCUT2D eigenvalue weighted by atomic mass is 16.3. The molecule has 1 saturated heterocycles. The Kier molecular flexibility index (Phi) is 2.08. The predicted molar refractivity (Wildman–Crippen MR) is 51.6 cm³/mol. The Balaban J connectivity index is 2.26. The van der Waals surface area contributed by atoms with Crippen molar-refractivity contribution in [1.82, 2.24) is 19.9 Å². The molecule has 1 fully saturated rings. The molecule has 5 heteroatoms. The maximum absolute atomic E-state index is 10.4. The van der Waals surface area contributed by atoms with E-state index in [9.17, 15) is 5.11 Å². The van der Waals surface area contributed by atoms with Crippen LogP contribution in [0.1, 0.15) is 19.0 Å². The van der Waals surface area contributed by atoms with Crippen LogP contribution in [0.15, 0.2) is 6.20 Å². The molecule has 1 aliphatic heterocycles. The lowest BCUT2D eigenvalue weighted by molar-refractivity contribution is 0.0435. The quantitative estimate of drug-likeness (QED) is 0.671. The summed E-state index contributed by atoms with van der Waals surface area (Å²) in [6, 6.07) is 0.391. The predicted octanol–water partition coefficient (Wildman–Crippen LogP) is -0.273. The minimum atomic E-state index is -0.817. The lowest BCUT2D eigenvalue weighted by atomic mass is 9.98. The van der Waals surface area contributed by atoms with Crippen molar-refractivity contribution in [2.75, 3.05) is 13.6 Å². The van der Waals surface area contributed by atoms with Crippen molar-refractivity contribution in [2.24, 2.45) is 7.05 Å². The summed E-state index contributed by atoms with van der Waals surface area (Å²) in [4.78, 5) is 3.62. The molecule has 2 heterocycles. The number of likely N-dealkylation sites (N-methyl/N-ethyl adjacent to an activating group) is 1. The maximum atomic E-state index is 10.4. The molecule has 2 rings (SSSR count). The average molecular weight is 196 g/mol. The van der Waals surface area contributed by atoms with Crippen molar-refractivity contribution >= 4 is 0 Å². The van der Waals surface area contributed by atoms with Gasteiger partial charge in [0, 0.05) is 19.6 Å². The minimum Gasteiger partial charge on any atom is -0.382 e. The number of β-amino-alcohol motifs (C(OH)–C–C–N with tert-alkyl or cyclic N) is 1. The summed E-state index contributed by atoms with van der Waals surface area (Å²) in [6.45, 7) is 2.74. The van der Waals surface area contributed by atoms with Crippen LogP contribution >= 0.6 is 0 Å². The Bertz CT molecular complexity index is 325. The molecule has 14 heavy (non-hydrogen) atoms. The number of aliphatic hydroxyl groups is 1. The zero-order valence-corrected chi connectivity index (χ0v) is 8.80. The maximum Gasteiger partial charge on any atom is 0.124 e. The highest BCUT2D eigenvalue weighted by molar-refractivity contribution is 5.11. The van der Waals surface area contributed by atoms with Gasteiger partial charge in [0.2, 0.25) is 0 Å². The molecule has 0 aromatic carbocycles. The molecule has 0 bridgehead atoms. The van der Waals surface area contributed by atoms with E-state index in [0.29, 0.717) is 18.3 Å². The lowest BCUT2D eigenvalue weighted by Crippen LogP contribution is -2.30. The third kappa shape index (κ3) is 1.42. The zero-order chi connectivity index (χ0) is 10.3. The summed E-state index contributed by atoms with van der Waals surface area (Å²) < 4.78 is 0. The third-order valence-electron chi connectivity index (χ3n) is 2.97. The number of likely N-dealkylation sites (tertiary alicyclic amines) is 1. The van der Waals surface area contributed by atoms with Gasteiger partial charge in [0.25, 0.3) is 0 Å². The van der Waals surface area contributed by atoms with E-state index in [0.717, 1.165) is 6.42 Å². The largest absolute Gasteiger partial charge is 0.382 e. The molecule has 2 atom stereocenters. The fourth-order valence-electron chi connectivity index (χ4n) is 2.02. The summed E-state index contributed by atoms with van der Waals surface area (Å²) in [5.41, 5.74) is -0.140. The van der Waals surface area contributed by atoms with Gasteiger partial charge >= 0.3 is 0 Å². The van der Waals surface area contributed by atoms with Gasteiger partial charge in [-0.05, 0) is 20.4 Å². The number of aromatic nitrogens is 3. The van der Waals surface area contributed by atoms with Gasteiger partial charge in [-0.2, -0.15) is 15.0 Å². The molecule has 1 N–H and O–H groups in total. The van der Waals surface area contributed by atoms with Gasteiger partial charge in [-0.1, -0.05) is 0 Å². The SMILES string of the molecule is CC1CC(O)(c2cnn(C)n2)CN1C. The van der Waals surface area contributed by atoms with E-state index in [1.54, 1.807) is 13.2 Å². The summed E-state index contributed by atoms with van der Waals surface area (Å²) in [6.07, 6.45) is 2.37. The number of rotatable bonds is 1. The van der Waals surface area contributed by atoms with Crippen LogP contribution in [0.25, 0.3) is 0 Å². The first-order chi connectivity index (χ1) is 6.51. The van der Waals surface area contributed by atoms with Crippen LogP contribution in [0.4, 0.5) is 0 Å². The highest BCUT2D eigenvalue weighted by Gasteiger charge is 2.42. The van der Waals surface area contributed by atoms with Gasteiger partial charge in [-0.15, -0.1) is 0 Å².